The van der Waals surface area contributed by atoms with Gasteiger partial charge in [0.25, 0.3) is 0 Å². The molecule has 24 heavy (non-hydrogen) atoms. The molecule has 1 atom stereocenters. The minimum absolute atomic E-state index is 0.122. The molecule has 2 saturated heterocycles. The van der Waals surface area contributed by atoms with Crippen LogP contribution < -0.4 is 15.0 Å². The van der Waals surface area contributed by atoms with Crippen LogP contribution in [0.1, 0.15) is 32.1 Å². The van der Waals surface area contributed by atoms with Crippen LogP contribution in [0.3, 0.4) is 0 Å². The van der Waals surface area contributed by atoms with Crippen molar-refractivity contribution in [3.8, 4) is 5.75 Å². The summed E-state index contributed by atoms with van der Waals surface area (Å²) in [6.07, 6.45) is 5.90. The highest BCUT2D eigenvalue weighted by molar-refractivity contribution is 5.74. The Morgan fingerprint density at radius 3 is 2.75 bits per heavy atom. The Kier molecular flexibility index (Phi) is 5.83. The van der Waals surface area contributed by atoms with Crippen molar-refractivity contribution in [3.63, 3.8) is 0 Å². The average molecular weight is 331 g/mol. The molecule has 0 unspecified atom stereocenters. The molecule has 0 aliphatic carbocycles. The first kappa shape index (κ1) is 16.9. The quantitative estimate of drug-likeness (QED) is 0.922. The zero-order chi connectivity index (χ0) is 16.8. The molecule has 1 N–H and O–H groups in total. The van der Waals surface area contributed by atoms with Crippen LogP contribution in [-0.4, -0.2) is 50.8 Å². The zero-order valence-corrected chi connectivity index (χ0v) is 14.7. The van der Waals surface area contributed by atoms with E-state index in [2.05, 4.69) is 22.3 Å². The molecule has 2 aliphatic heterocycles. The molecule has 0 saturated carbocycles. The van der Waals surface area contributed by atoms with Gasteiger partial charge in [0, 0.05) is 44.5 Å². The maximum Gasteiger partial charge on any atom is 0.317 e. The maximum absolute atomic E-state index is 12.3. The van der Waals surface area contributed by atoms with Gasteiger partial charge in [-0.2, -0.15) is 0 Å². The molecule has 2 amide bonds. The average Bonchev–Trinajstić information content (AvgIpc) is 2.93. The highest BCUT2D eigenvalue weighted by atomic mass is 16.5. The second-order valence-electron chi connectivity index (χ2n) is 6.89. The Labute approximate surface area is 145 Å². The fraction of sp³-hybridized carbons (Fsp3) is 0.632. The van der Waals surface area contributed by atoms with E-state index in [1.54, 1.807) is 7.11 Å². The lowest BCUT2D eigenvalue weighted by atomic mass is 10.1. The van der Waals surface area contributed by atoms with Crippen molar-refractivity contribution >= 4 is 11.7 Å². The topological polar surface area (TPSA) is 44.8 Å². The van der Waals surface area contributed by atoms with Gasteiger partial charge in [0.2, 0.25) is 0 Å². The van der Waals surface area contributed by atoms with Gasteiger partial charge in [0.1, 0.15) is 5.75 Å². The van der Waals surface area contributed by atoms with Crippen LogP contribution in [0.4, 0.5) is 10.5 Å². The lowest BCUT2D eigenvalue weighted by Gasteiger charge is -2.22. The predicted octanol–water partition coefficient (Wildman–Crippen LogP) is 3.11. The molecule has 132 valence electrons. The van der Waals surface area contributed by atoms with E-state index >= 15 is 0 Å². The van der Waals surface area contributed by atoms with E-state index in [-0.39, 0.29) is 6.03 Å². The van der Waals surface area contributed by atoms with Gasteiger partial charge in [-0.05, 0) is 37.3 Å². The molecule has 0 radical (unpaired) electrons. The second-order valence-corrected chi connectivity index (χ2v) is 6.89. The Balaban J connectivity index is 1.46. The second kappa shape index (κ2) is 8.27. The number of carbonyl (C=O) groups is 1. The highest BCUT2D eigenvalue weighted by Crippen LogP contribution is 2.26. The van der Waals surface area contributed by atoms with Gasteiger partial charge in [-0.25, -0.2) is 4.79 Å². The largest absolute Gasteiger partial charge is 0.497 e. The minimum atomic E-state index is 0.122. The van der Waals surface area contributed by atoms with E-state index in [1.165, 1.54) is 18.5 Å². The number of anilines is 1. The number of hydrogen-bond donors (Lipinski definition) is 1. The number of likely N-dealkylation sites (tertiary alicyclic amines) is 1. The van der Waals surface area contributed by atoms with Crippen molar-refractivity contribution < 1.29 is 9.53 Å². The van der Waals surface area contributed by atoms with Crippen molar-refractivity contribution in [2.75, 3.05) is 44.7 Å². The number of carbonyl (C=O) groups excluding carboxylic acids is 1. The SMILES string of the molecule is COc1cccc(N2CC[C@H](CNC(=O)N3CCCCCC3)C2)c1. The predicted molar refractivity (Wildman–Crippen MR) is 96.8 cm³/mol. The van der Waals surface area contributed by atoms with Gasteiger partial charge in [0.15, 0.2) is 0 Å². The van der Waals surface area contributed by atoms with Crippen LogP contribution >= 0.6 is 0 Å². The molecular weight excluding hydrogens is 302 g/mol. The van der Waals surface area contributed by atoms with Gasteiger partial charge in [-0.1, -0.05) is 18.9 Å². The minimum Gasteiger partial charge on any atom is -0.497 e. The number of rotatable bonds is 4. The van der Waals surface area contributed by atoms with Crippen LogP contribution in [0, 0.1) is 5.92 Å². The number of amides is 2. The third-order valence-corrected chi connectivity index (χ3v) is 5.14. The van der Waals surface area contributed by atoms with Gasteiger partial charge in [-0.15, -0.1) is 0 Å². The number of nitrogens with zero attached hydrogens (tertiary/aromatic N) is 2. The van der Waals surface area contributed by atoms with Crippen molar-refractivity contribution in [3.05, 3.63) is 24.3 Å². The van der Waals surface area contributed by atoms with E-state index in [0.717, 1.165) is 57.7 Å². The van der Waals surface area contributed by atoms with Crippen LogP contribution in [0.25, 0.3) is 0 Å². The van der Waals surface area contributed by atoms with Crippen molar-refractivity contribution in [1.82, 2.24) is 10.2 Å². The number of urea groups is 1. The van der Waals surface area contributed by atoms with Crippen LogP contribution in [-0.2, 0) is 0 Å². The van der Waals surface area contributed by atoms with Gasteiger partial charge in [-0.3, -0.25) is 0 Å². The third kappa shape index (κ3) is 4.34. The van der Waals surface area contributed by atoms with Crippen LogP contribution in [0.2, 0.25) is 0 Å². The monoisotopic (exact) mass is 331 g/mol. The molecule has 0 aromatic heterocycles. The number of methoxy groups -OCH3 is 1. The first-order chi connectivity index (χ1) is 11.8. The summed E-state index contributed by atoms with van der Waals surface area (Å²) < 4.78 is 5.31. The Bertz CT molecular complexity index is 541. The zero-order valence-electron chi connectivity index (χ0n) is 14.7. The summed E-state index contributed by atoms with van der Waals surface area (Å²) in [7, 11) is 1.70. The lowest BCUT2D eigenvalue weighted by Crippen LogP contribution is -2.42. The Morgan fingerprint density at radius 1 is 1.21 bits per heavy atom. The molecular formula is C19H29N3O2. The summed E-state index contributed by atoms with van der Waals surface area (Å²) in [5.41, 5.74) is 1.20. The van der Waals surface area contributed by atoms with Crippen molar-refractivity contribution in [2.45, 2.75) is 32.1 Å². The smallest absolute Gasteiger partial charge is 0.317 e. The van der Waals surface area contributed by atoms with E-state index in [9.17, 15) is 4.79 Å². The van der Waals surface area contributed by atoms with Crippen LogP contribution in [0.15, 0.2) is 24.3 Å². The maximum atomic E-state index is 12.3. The first-order valence-corrected chi connectivity index (χ1v) is 9.18. The molecule has 2 aliphatic rings. The third-order valence-electron chi connectivity index (χ3n) is 5.14. The summed E-state index contributed by atoms with van der Waals surface area (Å²) in [6.45, 7) is 4.62. The summed E-state index contributed by atoms with van der Waals surface area (Å²) in [5.74, 6) is 1.41. The molecule has 0 bridgehead atoms. The van der Waals surface area contributed by atoms with E-state index in [1.807, 2.05) is 17.0 Å². The van der Waals surface area contributed by atoms with Gasteiger partial charge < -0.3 is 19.9 Å². The number of ether oxygens (including phenoxy) is 1. The number of hydrogen-bond acceptors (Lipinski definition) is 3. The fourth-order valence-electron chi connectivity index (χ4n) is 3.66. The first-order valence-electron chi connectivity index (χ1n) is 9.18. The molecule has 3 rings (SSSR count). The lowest BCUT2D eigenvalue weighted by molar-refractivity contribution is 0.198. The molecule has 5 heteroatoms. The molecule has 5 nitrogen and oxygen atoms in total. The number of benzene rings is 1. The van der Waals surface area contributed by atoms with Gasteiger partial charge >= 0.3 is 6.03 Å². The summed E-state index contributed by atoms with van der Waals surface area (Å²) in [4.78, 5) is 16.7. The highest BCUT2D eigenvalue weighted by Gasteiger charge is 2.24. The van der Waals surface area contributed by atoms with Crippen molar-refractivity contribution in [1.29, 1.82) is 0 Å². The summed E-state index contributed by atoms with van der Waals surface area (Å²) >= 11 is 0. The Morgan fingerprint density at radius 2 is 2.00 bits per heavy atom. The normalized spacial score (nSPS) is 21.5. The standard InChI is InChI=1S/C19H29N3O2/c1-24-18-8-6-7-17(13-18)22-12-9-16(15-22)14-20-19(23)21-10-4-2-3-5-11-21/h6-8,13,16H,2-5,9-12,14-15H2,1H3,(H,20,23)/t16-/m1/s1. The Hall–Kier alpha value is -1.91. The van der Waals surface area contributed by atoms with Crippen LogP contribution in [0.5, 0.6) is 5.75 Å². The molecule has 0 spiro atoms. The van der Waals surface area contributed by atoms with E-state index < -0.39 is 0 Å². The summed E-state index contributed by atoms with van der Waals surface area (Å²) in [5, 5.41) is 3.15. The summed E-state index contributed by atoms with van der Waals surface area (Å²) in [6, 6.07) is 8.33. The number of nitrogens with one attached hydrogen (secondary N) is 1. The van der Waals surface area contributed by atoms with E-state index in [0.29, 0.717) is 5.92 Å². The molecule has 2 heterocycles. The fourth-order valence-corrected chi connectivity index (χ4v) is 3.66. The van der Waals surface area contributed by atoms with Crippen molar-refractivity contribution in [2.24, 2.45) is 5.92 Å². The van der Waals surface area contributed by atoms with E-state index in [4.69, 9.17) is 4.74 Å². The molecule has 2 fully saturated rings. The molecule has 1 aromatic carbocycles. The molecule has 1 aromatic rings. The van der Waals surface area contributed by atoms with Gasteiger partial charge in [0.05, 0.1) is 7.11 Å².